The fourth-order valence-electron chi connectivity index (χ4n) is 0.896. The minimum absolute atomic E-state index is 0. The molecule has 0 radical (unpaired) electrons. The molecule has 0 aromatic carbocycles. The third-order valence-electron chi connectivity index (χ3n) is 1.40. The van der Waals surface area contributed by atoms with E-state index in [2.05, 4.69) is 42.9 Å². The summed E-state index contributed by atoms with van der Waals surface area (Å²) in [6.07, 6.45) is 1.69. The van der Waals surface area contributed by atoms with Gasteiger partial charge in [0.1, 0.15) is 0 Å². The Morgan fingerprint density at radius 3 is 2.21 bits per heavy atom. The van der Waals surface area contributed by atoms with Gasteiger partial charge in [-0.2, -0.15) is 0 Å². The van der Waals surface area contributed by atoms with Crippen LogP contribution in [0.2, 0.25) is 0 Å². The van der Waals surface area contributed by atoms with Crippen molar-refractivity contribution in [1.29, 1.82) is 0 Å². The molecule has 0 saturated heterocycles. The smallest absolute Gasteiger partial charge is 0 e. The molecule has 0 saturated carbocycles. The van der Waals surface area contributed by atoms with Crippen LogP contribution in [0.1, 0.15) is 27.7 Å². The monoisotopic (exact) mass is 242 g/mol. The first kappa shape index (κ1) is 16.4. The van der Waals surface area contributed by atoms with Gasteiger partial charge in [0.15, 0.2) is 0 Å². The predicted molar refractivity (Wildman–Crippen MR) is 59.6 cm³/mol. The van der Waals surface area contributed by atoms with Crippen LogP contribution in [0, 0.1) is 0 Å². The maximum atomic E-state index is 4.32. The summed E-state index contributed by atoms with van der Waals surface area (Å²) in [7, 11) is 4.10. The number of nitrogens with zero attached hydrogens (tertiary/aromatic N) is 3. The average molecular weight is 243 g/mol. The van der Waals surface area contributed by atoms with Gasteiger partial charge in [-0.25, -0.2) is 0 Å². The van der Waals surface area contributed by atoms with Crippen molar-refractivity contribution in [3.8, 4) is 0 Å². The Kier molecular flexibility index (Phi) is 8.47. The maximum Gasteiger partial charge on any atom is 0 e. The van der Waals surface area contributed by atoms with Crippen LogP contribution in [0.25, 0.3) is 5.32 Å². The molecule has 0 aliphatic heterocycles. The topological polar surface area (TPSA) is 29.7 Å². The van der Waals surface area contributed by atoms with Gasteiger partial charge in [0, 0.05) is 16.5 Å². The van der Waals surface area contributed by atoms with Gasteiger partial charge in [-0.05, 0) is 32.2 Å². The fraction of sp³-hybridized carbons (Fsp3) is 0.900. The summed E-state index contributed by atoms with van der Waals surface area (Å²) in [5.41, 5.74) is -0.0126. The Morgan fingerprint density at radius 2 is 1.86 bits per heavy atom. The standard InChI is InChI=1S/C10H22N3.Ni/c1-9(7-13(5)6)11-8-12-10(2,3)4;/h8-9H,7H2,1-6H3;/q-1;. The third-order valence-corrected chi connectivity index (χ3v) is 1.40. The molecule has 0 fully saturated rings. The van der Waals surface area contributed by atoms with E-state index in [1.807, 2.05) is 14.1 Å². The number of hydrogen-bond donors (Lipinski definition) is 0. The van der Waals surface area contributed by atoms with E-state index in [1.54, 1.807) is 6.34 Å². The molecule has 0 N–H and O–H groups in total. The summed E-state index contributed by atoms with van der Waals surface area (Å²) in [6, 6.07) is 0.320. The van der Waals surface area contributed by atoms with Gasteiger partial charge in [0.05, 0.1) is 0 Å². The van der Waals surface area contributed by atoms with E-state index in [-0.39, 0.29) is 22.0 Å². The van der Waals surface area contributed by atoms with E-state index in [0.29, 0.717) is 6.04 Å². The number of aliphatic imine (C=N–C) groups is 1. The number of rotatable bonds is 4. The zero-order valence-corrected chi connectivity index (χ0v) is 11.0. The predicted octanol–water partition coefficient (Wildman–Crippen LogP) is 2.13. The molecule has 4 heteroatoms. The Labute approximate surface area is 98.3 Å². The van der Waals surface area contributed by atoms with E-state index in [4.69, 9.17) is 0 Å². The van der Waals surface area contributed by atoms with Crippen LogP contribution >= 0.6 is 0 Å². The van der Waals surface area contributed by atoms with Crippen LogP contribution < -0.4 is 0 Å². The summed E-state index contributed by atoms with van der Waals surface area (Å²) in [5.74, 6) is 0. The second kappa shape index (κ2) is 7.25. The van der Waals surface area contributed by atoms with Gasteiger partial charge >= 0.3 is 0 Å². The number of likely N-dealkylation sites (N-methyl/N-ethyl adjacent to an activating group) is 1. The molecular weight excluding hydrogens is 221 g/mol. The fourth-order valence-corrected chi connectivity index (χ4v) is 0.896. The van der Waals surface area contributed by atoms with Gasteiger partial charge < -0.3 is 15.2 Å². The van der Waals surface area contributed by atoms with E-state index in [1.165, 1.54) is 0 Å². The van der Waals surface area contributed by atoms with Gasteiger partial charge in [-0.15, -0.1) is 6.34 Å². The van der Waals surface area contributed by atoms with Crippen LogP contribution in [0.4, 0.5) is 0 Å². The molecule has 0 rings (SSSR count). The zero-order valence-electron chi connectivity index (χ0n) is 10.0. The van der Waals surface area contributed by atoms with Crippen molar-refractivity contribution in [3.63, 3.8) is 0 Å². The van der Waals surface area contributed by atoms with Crippen LogP contribution in [-0.2, 0) is 16.5 Å². The molecule has 0 aliphatic carbocycles. The second-order valence-electron chi connectivity index (χ2n) is 4.68. The molecular formula is C10H22N3Ni-. The van der Waals surface area contributed by atoms with E-state index >= 15 is 0 Å². The van der Waals surface area contributed by atoms with Crippen molar-refractivity contribution in [1.82, 2.24) is 4.90 Å². The van der Waals surface area contributed by atoms with Gasteiger partial charge in [-0.1, -0.05) is 27.7 Å². The van der Waals surface area contributed by atoms with Gasteiger partial charge in [0.2, 0.25) is 0 Å². The first-order chi connectivity index (χ1) is 5.81. The first-order valence-electron chi connectivity index (χ1n) is 4.69. The summed E-state index contributed by atoms with van der Waals surface area (Å²) < 4.78 is 0. The summed E-state index contributed by atoms with van der Waals surface area (Å²) in [5, 5.41) is 4.32. The van der Waals surface area contributed by atoms with Crippen LogP contribution in [-0.4, -0.2) is 43.5 Å². The molecule has 0 spiro atoms. The number of hydrogen-bond acceptors (Lipinski definition) is 2. The molecule has 88 valence electrons. The molecule has 0 aromatic heterocycles. The van der Waals surface area contributed by atoms with Crippen molar-refractivity contribution < 1.29 is 16.5 Å². The summed E-state index contributed by atoms with van der Waals surface area (Å²) in [6.45, 7) is 9.26. The van der Waals surface area contributed by atoms with Crippen molar-refractivity contribution in [2.24, 2.45) is 4.99 Å². The molecule has 0 amide bonds. The molecule has 14 heavy (non-hydrogen) atoms. The van der Waals surface area contributed by atoms with Crippen molar-refractivity contribution in [2.75, 3.05) is 20.6 Å². The third kappa shape index (κ3) is 11.9. The van der Waals surface area contributed by atoms with Gasteiger partial charge in [0.25, 0.3) is 0 Å². The molecule has 1 unspecified atom stereocenters. The summed E-state index contributed by atoms with van der Waals surface area (Å²) >= 11 is 0. The van der Waals surface area contributed by atoms with Crippen molar-refractivity contribution >= 4 is 6.34 Å². The van der Waals surface area contributed by atoms with Gasteiger partial charge in [-0.3, -0.25) is 0 Å². The summed E-state index contributed by atoms with van der Waals surface area (Å²) in [4.78, 5) is 6.42. The molecule has 0 aliphatic rings. The van der Waals surface area contributed by atoms with Crippen LogP contribution in [0.5, 0.6) is 0 Å². The van der Waals surface area contributed by atoms with E-state index < -0.39 is 0 Å². The quantitative estimate of drug-likeness (QED) is 0.422. The minimum atomic E-state index is -0.0126. The minimum Gasteiger partial charge on any atom is -0.468 e. The largest absolute Gasteiger partial charge is 0.468 e. The van der Waals surface area contributed by atoms with Crippen LogP contribution in [0.3, 0.4) is 0 Å². The Morgan fingerprint density at radius 1 is 1.36 bits per heavy atom. The van der Waals surface area contributed by atoms with E-state index in [9.17, 15) is 0 Å². The molecule has 1 atom stereocenters. The second-order valence-corrected chi connectivity index (χ2v) is 4.68. The SMILES string of the molecule is CC(CN(C)C)[N-]C=NC(C)(C)C.[Ni]. The maximum absolute atomic E-state index is 4.32. The normalized spacial score (nSPS) is 14.2. The van der Waals surface area contributed by atoms with Crippen molar-refractivity contribution in [3.05, 3.63) is 5.32 Å². The first-order valence-corrected chi connectivity index (χ1v) is 4.69. The van der Waals surface area contributed by atoms with Crippen LogP contribution in [0.15, 0.2) is 4.99 Å². The van der Waals surface area contributed by atoms with Crippen molar-refractivity contribution in [2.45, 2.75) is 39.3 Å². The molecule has 0 bridgehead atoms. The average Bonchev–Trinajstić information content (AvgIpc) is 1.81. The Bertz CT molecular complexity index is 161. The zero-order chi connectivity index (χ0) is 10.5. The Balaban J connectivity index is 0. The Hall–Kier alpha value is -0.0765. The van der Waals surface area contributed by atoms with E-state index in [0.717, 1.165) is 6.54 Å². The molecule has 0 heterocycles. The molecule has 3 nitrogen and oxygen atoms in total. The molecule has 0 aromatic rings.